The van der Waals surface area contributed by atoms with Crippen molar-refractivity contribution in [2.45, 2.75) is 51.0 Å². The summed E-state index contributed by atoms with van der Waals surface area (Å²) in [5, 5.41) is 5.76. The van der Waals surface area contributed by atoms with E-state index in [2.05, 4.69) is 10.3 Å². The summed E-state index contributed by atoms with van der Waals surface area (Å²) in [5.41, 5.74) is 1.51. The monoisotopic (exact) mass is 332 g/mol. The molecule has 1 aromatic heterocycles. The Morgan fingerprint density at radius 3 is 2.78 bits per heavy atom. The van der Waals surface area contributed by atoms with E-state index in [1.165, 1.54) is 49.2 Å². The fourth-order valence-corrected chi connectivity index (χ4v) is 3.83. The van der Waals surface area contributed by atoms with Gasteiger partial charge in [0.25, 0.3) is 0 Å². The van der Waals surface area contributed by atoms with E-state index in [-0.39, 0.29) is 11.7 Å². The van der Waals surface area contributed by atoms with Crippen LogP contribution in [0.15, 0.2) is 29.6 Å². The van der Waals surface area contributed by atoms with Crippen LogP contribution < -0.4 is 5.32 Å². The molecule has 0 atom stereocenters. The minimum Gasteiger partial charge on any atom is -0.353 e. The number of carbonyl (C=O) groups excluding carboxylic acids is 1. The summed E-state index contributed by atoms with van der Waals surface area (Å²) in [7, 11) is 0. The number of rotatable bonds is 4. The second-order valence-electron chi connectivity index (χ2n) is 6.09. The van der Waals surface area contributed by atoms with Crippen molar-refractivity contribution in [3.8, 4) is 10.6 Å². The molecular formula is C18H21FN2OS. The number of thiazole rings is 1. The van der Waals surface area contributed by atoms with Crippen LogP contribution in [0.4, 0.5) is 4.39 Å². The Kier molecular flexibility index (Phi) is 5.39. The lowest BCUT2D eigenvalue weighted by molar-refractivity contribution is -0.121. The molecule has 3 rings (SSSR count). The van der Waals surface area contributed by atoms with Gasteiger partial charge in [0.2, 0.25) is 5.91 Å². The zero-order chi connectivity index (χ0) is 16.1. The van der Waals surface area contributed by atoms with Crippen LogP contribution in [0.2, 0.25) is 0 Å². The summed E-state index contributed by atoms with van der Waals surface area (Å²) >= 11 is 1.44. The maximum Gasteiger partial charge on any atom is 0.226 e. The van der Waals surface area contributed by atoms with Gasteiger partial charge in [0.15, 0.2) is 0 Å². The van der Waals surface area contributed by atoms with Gasteiger partial charge < -0.3 is 5.32 Å². The lowest BCUT2D eigenvalue weighted by atomic mass is 10.1. The third-order valence-electron chi connectivity index (χ3n) is 4.19. The molecule has 1 aliphatic rings. The van der Waals surface area contributed by atoms with Gasteiger partial charge in [-0.1, -0.05) is 37.8 Å². The predicted molar refractivity (Wildman–Crippen MR) is 90.8 cm³/mol. The SMILES string of the molecule is O=C(Cc1csc(-c2cccc(F)c2)n1)NC1CCCCCC1. The van der Waals surface area contributed by atoms with Crippen molar-refractivity contribution in [2.24, 2.45) is 0 Å². The average Bonchev–Trinajstić information content (AvgIpc) is 2.83. The standard InChI is InChI=1S/C18H21FN2OS/c19-14-7-5-6-13(10-14)18-21-16(12-23-18)11-17(22)20-15-8-3-1-2-4-9-15/h5-7,10,12,15H,1-4,8-9,11H2,(H,20,22). The number of benzene rings is 1. The van der Waals surface area contributed by atoms with Gasteiger partial charge in [0.1, 0.15) is 10.8 Å². The minimum atomic E-state index is -0.273. The summed E-state index contributed by atoms with van der Waals surface area (Å²) in [6, 6.07) is 6.69. The highest BCUT2D eigenvalue weighted by Crippen LogP contribution is 2.24. The molecule has 122 valence electrons. The van der Waals surface area contributed by atoms with Crippen molar-refractivity contribution in [2.75, 3.05) is 0 Å². The Morgan fingerprint density at radius 1 is 1.26 bits per heavy atom. The highest BCUT2D eigenvalue weighted by atomic mass is 32.1. The Morgan fingerprint density at radius 2 is 2.04 bits per heavy atom. The molecule has 1 fully saturated rings. The number of amides is 1. The van der Waals surface area contributed by atoms with Crippen molar-refractivity contribution < 1.29 is 9.18 Å². The molecule has 1 aliphatic carbocycles. The highest BCUT2D eigenvalue weighted by Gasteiger charge is 2.16. The Labute approximate surface area is 140 Å². The Bertz CT molecular complexity index is 663. The first-order chi connectivity index (χ1) is 11.2. The van der Waals surface area contributed by atoms with Crippen LogP contribution in [-0.4, -0.2) is 16.9 Å². The third kappa shape index (κ3) is 4.61. The summed E-state index contributed by atoms with van der Waals surface area (Å²) < 4.78 is 13.3. The minimum absolute atomic E-state index is 0.0352. The van der Waals surface area contributed by atoms with Gasteiger partial charge >= 0.3 is 0 Å². The van der Waals surface area contributed by atoms with Crippen LogP contribution in [0.5, 0.6) is 0 Å². The number of hydrogen-bond acceptors (Lipinski definition) is 3. The maximum absolute atomic E-state index is 13.3. The molecule has 2 aromatic rings. The first-order valence-electron chi connectivity index (χ1n) is 8.20. The Hall–Kier alpha value is -1.75. The highest BCUT2D eigenvalue weighted by molar-refractivity contribution is 7.13. The smallest absolute Gasteiger partial charge is 0.226 e. The van der Waals surface area contributed by atoms with E-state index in [0.29, 0.717) is 12.5 Å². The molecule has 0 spiro atoms. The summed E-state index contributed by atoms with van der Waals surface area (Å²) in [6.45, 7) is 0. The van der Waals surface area contributed by atoms with E-state index in [9.17, 15) is 9.18 Å². The Balaban J connectivity index is 1.59. The molecule has 0 saturated heterocycles. The first kappa shape index (κ1) is 16.1. The third-order valence-corrected chi connectivity index (χ3v) is 5.13. The van der Waals surface area contributed by atoms with Crippen LogP contribution >= 0.6 is 11.3 Å². The normalized spacial score (nSPS) is 16.0. The fourth-order valence-electron chi connectivity index (χ4n) is 3.01. The lowest BCUT2D eigenvalue weighted by Gasteiger charge is -2.15. The predicted octanol–water partition coefficient (Wildman–Crippen LogP) is 4.33. The van der Waals surface area contributed by atoms with Gasteiger partial charge in [0, 0.05) is 17.0 Å². The molecule has 1 N–H and O–H groups in total. The van der Waals surface area contributed by atoms with Crippen LogP contribution in [-0.2, 0) is 11.2 Å². The topological polar surface area (TPSA) is 42.0 Å². The molecule has 3 nitrogen and oxygen atoms in total. The number of nitrogens with one attached hydrogen (secondary N) is 1. The van der Waals surface area contributed by atoms with Crippen molar-refractivity contribution >= 4 is 17.2 Å². The van der Waals surface area contributed by atoms with Gasteiger partial charge in [-0.2, -0.15) is 0 Å². The second-order valence-corrected chi connectivity index (χ2v) is 6.95. The van der Waals surface area contributed by atoms with Crippen LogP contribution in [0.1, 0.15) is 44.2 Å². The van der Waals surface area contributed by atoms with Gasteiger partial charge in [-0.25, -0.2) is 9.37 Å². The molecule has 0 aliphatic heterocycles. The molecule has 0 radical (unpaired) electrons. The fraction of sp³-hybridized carbons (Fsp3) is 0.444. The van der Waals surface area contributed by atoms with Crippen LogP contribution in [0.25, 0.3) is 10.6 Å². The average molecular weight is 332 g/mol. The van der Waals surface area contributed by atoms with Crippen LogP contribution in [0.3, 0.4) is 0 Å². The van der Waals surface area contributed by atoms with E-state index in [4.69, 9.17) is 0 Å². The van der Waals surface area contributed by atoms with Crippen molar-refractivity contribution in [1.82, 2.24) is 10.3 Å². The van der Waals surface area contributed by atoms with Gasteiger partial charge in [-0.3, -0.25) is 4.79 Å². The number of aromatic nitrogens is 1. The second kappa shape index (κ2) is 7.68. The summed E-state index contributed by atoms with van der Waals surface area (Å²) in [6.07, 6.45) is 7.40. The summed E-state index contributed by atoms with van der Waals surface area (Å²) in [5.74, 6) is -0.238. The quantitative estimate of drug-likeness (QED) is 0.847. The van der Waals surface area contributed by atoms with Gasteiger partial charge in [-0.05, 0) is 25.0 Å². The van der Waals surface area contributed by atoms with Crippen molar-refractivity contribution in [3.05, 3.63) is 41.2 Å². The van der Waals surface area contributed by atoms with Crippen molar-refractivity contribution in [3.63, 3.8) is 0 Å². The maximum atomic E-state index is 13.3. The molecule has 5 heteroatoms. The first-order valence-corrected chi connectivity index (χ1v) is 9.08. The molecule has 23 heavy (non-hydrogen) atoms. The van der Waals surface area contributed by atoms with Crippen LogP contribution in [0, 0.1) is 5.82 Å². The molecule has 0 bridgehead atoms. The number of nitrogens with zero attached hydrogens (tertiary/aromatic N) is 1. The van der Waals surface area contributed by atoms with E-state index in [1.54, 1.807) is 6.07 Å². The summed E-state index contributed by atoms with van der Waals surface area (Å²) in [4.78, 5) is 16.7. The zero-order valence-electron chi connectivity index (χ0n) is 13.1. The van der Waals surface area contributed by atoms with Gasteiger partial charge in [-0.15, -0.1) is 11.3 Å². The number of halogens is 1. The number of carbonyl (C=O) groups is 1. The molecule has 1 saturated carbocycles. The number of hydrogen-bond donors (Lipinski definition) is 1. The van der Waals surface area contributed by atoms with E-state index in [0.717, 1.165) is 29.1 Å². The van der Waals surface area contributed by atoms with Crippen molar-refractivity contribution in [1.29, 1.82) is 0 Å². The lowest BCUT2D eigenvalue weighted by Crippen LogP contribution is -2.35. The molecule has 1 amide bonds. The zero-order valence-corrected chi connectivity index (χ0v) is 13.9. The van der Waals surface area contributed by atoms with E-state index >= 15 is 0 Å². The molecular weight excluding hydrogens is 311 g/mol. The van der Waals surface area contributed by atoms with Gasteiger partial charge in [0.05, 0.1) is 12.1 Å². The largest absolute Gasteiger partial charge is 0.353 e. The molecule has 1 heterocycles. The van der Waals surface area contributed by atoms with E-state index < -0.39 is 0 Å². The van der Waals surface area contributed by atoms with E-state index in [1.807, 2.05) is 11.4 Å². The molecule has 1 aromatic carbocycles. The molecule has 0 unspecified atom stereocenters.